The van der Waals surface area contributed by atoms with Crippen LogP contribution < -0.4 is 10.6 Å². The summed E-state index contributed by atoms with van der Waals surface area (Å²) in [6.45, 7) is 6.03. The summed E-state index contributed by atoms with van der Waals surface area (Å²) < 4.78 is 56.0. The number of nitrogens with zero attached hydrogens (tertiary/aromatic N) is 4. The number of amides is 2. The molecule has 2 heterocycles. The number of unbranched alkanes of at least 4 members (excludes halogenated alkanes) is 1. The number of primary amides is 1. The average molecular weight is 674 g/mol. The van der Waals surface area contributed by atoms with Gasteiger partial charge in [-0.2, -0.15) is 18.4 Å². The molecule has 15 heteroatoms. The van der Waals surface area contributed by atoms with Crippen molar-refractivity contribution in [1.29, 1.82) is 10.7 Å². The number of allylic oxidation sites excluding steroid dienone is 1. The van der Waals surface area contributed by atoms with Crippen molar-refractivity contribution in [2.45, 2.75) is 38.4 Å². The standard InChI is InChI=1S/C31H35F3N6O4.C2H4O2/c1-20-26(28(41)43-3)27(39(30(37)42)29(36)38(20)24-9-6-8-23(18-24)31(32,33)34)25-11-10-21(19-35)17-22(25)7-4-5-12-40(2)13-15-44-16-14-40;1-4-2-3/h6,8-11,17-18,27,36H,4-5,7,12-16H2,1-3H3,(H-,37,42);2H,1H3/p+1/t27-;/m1./s1. The number of likely N-dealkylation sites (N-methyl/N-ethyl adjacent to an activating group) is 1. The number of hydrogen-bond acceptors (Lipinski definition) is 8. The summed E-state index contributed by atoms with van der Waals surface area (Å²) in [7, 11) is 4.65. The van der Waals surface area contributed by atoms with Gasteiger partial charge in [0.1, 0.15) is 19.1 Å². The number of aryl methyl sites for hydroxylation is 1. The van der Waals surface area contributed by atoms with Crippen molar-refractivity contribution in [3.63, 3.8) is 0 Å². The molecule has 1 atom stereocenters. The van der Waals surface area contributed by atoms with Crippen LogP contribution in [0.5, 0.6) is 0 Å². The molecule has 258 valence electrons. The van der Waals surface area contributed by atoms with Crippen LogP contribution in [0.4, 0.5) is 23.7 Å². The highest BCUT2D eigenvalue weighted by molar-refractivity contribution is 6.10. The molecule has 0 aliphatic carbocycles. The van der Waals surface area contributed by atoms with Crippen LogP contribution >= 0.6 is 0 Å². The van der Waals surface area contributed by atoms with Crippen LogP contribution in [-0.4, -0.2) is 87.9 Å². The van der Waals surface area contributed by atoms with Gasteiger partial charge in [-0.1, -0.05) is 12.1 Å². The number of methoxy groups -OCH3 is 2. The minimum Gasteiger partial charge on any atom is -0.471 e. The molecule has 2 aliphatic heterocycles. The number of rotatable bonds is 9. The van der Waals surface area contributed by atoms with Gasteiger partial charge in [0.25, 0.3) is 6.47 Å². The van der Waals surface area contributed by atoms with Gasteiger partial charge >= 0.3 is 18.2 Å². The average Bonchev–Trinajstić information content (AvgIpc) is 3.06. The van der Waals surface area contributed by atoms with Crippen LogP contribution in [0.2, 0.25) is 0 Å². The van der Waals surface area contributed by atoms with E-state index in [4.69, 9.17) is 25.4 Å². The molecule has 2 aromatic carbocycles. The van der Waals surface area contributed by atoms with E-state index in [1.54, 1.807) is 18.2 Å². The SMILES string of the molecule is COC(=O)C1=C(C)N(c2cccc(C(F)(F)F)c2)C(=N)N(C(N)=O)[C@@H]1c1ccc(C#N)cc1CCCC[N+]1(C)CCOCC1.COC=O. The molecule has 1 fully saturated rings. The molecule has 0 radical (unpaired) electrons. The van der Waals surface area contributed by atoms with Crippen molar-refractivity contribution < 1.29 is 46.2 Å². The largest absolute Gasteiger partial charge is 0.471 e. The zero-order chi connectivity index (χ0) is 35.6. The van der Waals surface area contributed by atoms with E-state index < -0.39 is 35.7 Å². The van der Waals surface area contributed by atoms with Gasteiger partial charge < -0.3 is 24.4 Å². The van der Waals surface area contributed by atoms with Gasteiger partial charge in [-0.05, 0) is 67.6 Å². The molecule has 4 rings (SSSR count). The van der Waals surface area contributed by atoms with E-state index >= 15 is 0 Å². The van der Waals surface area contributed by atoms with Crippen LogP contribution in [-0.2, 0) is 36.4 Å². The first-order chi connectivity index (χ1) is 22.7. The zero-order valence-corrected chi connectivity index (χ0v) is 27.3. The van der Waals surface area contributed by atoms with Gasteiger partial charge in [0.05, 0.1) is 63.8 Å². The lowest BCUT2D eigenvalue weighted by molar-refractivity contribution is -0.917. The number of hydrogen-bond donors (Lipinski definition) is 2. The smallest absolute Gasteiger partial charge is 0.416 e. The third-order valence-electron chi connectivity index (χ3n) is 8.38. The van der Waals surface area contributed by atoms with Crippen LogP contribution in [0.15, 0.2) is 53.7 Å². The number of nitrogens with two attached hydrogens (primary N) is 1. The number of urea groups is 1. The summed E-state index contributed by atoms with van der Waals surface area (Å²) in [5.74, 6) is -1.38. The third kappa shape index (κ3) is 8.69. The molecule has 12 nitrogen and oxygen atoms in total. The van der Waals surface area contributed by atoms with E-state index in [9.17, 15) is 28.0 Å². The normalized spacial score (nSPS) is 17.5. The molecule has 0 aromatic heterocycles. The minimum atomic E-state index is -4.67. The van der Waals surface area contributed by atoms with Gasteiger partial charge in [0.2, 0.25) is 5.96 Å². The van der Waals surface area contributed by atoms with Crippen molar-refractivity contribution in [2.75, 3.05) is 59.0 Å². The first-order valence-corrected chi connectivity index (χ1v) is 15.1. The molecule has 0 spiro atoms. The van der Waals surface area contributed by atoms with Crippen LogP contribution in [0, 0.1) is 16.7 Å². The Labute approximate surface area is 277 Å². The summed E-state index contributed by atoms with van der Waals surface area (Å²) in [6, 6.07) is 8.89. The second-order valence-corrected chi connectivity index (χ2v) is 11.5. The van der Waals surface area contributed by atoms with Crippen molar-refractivity contribution >= 4 is 30.1 Å². The highest BCUT2D eigenvalue weighted by Crippen LogP contribution is 2.42. The van der Waals surface area contributed by atoms with Gasteiger partial charge in [0.15, 0.2) is 0 Å². The Morgan fingerprint density at radius 1 is 1.17 bits per heavy atom. The molecule has 2 amide bonds. The lowest BCUT2D eigenvalue weighted by Gasteiger charge is -2.43. The second-order valence-electron chi connectivity index (χ2n) is 11.5. The zero-order valence-electron chi connectivity index (χ0n) is 27.3. The van der Waals surface area contributed by atoms with E-state index in [0.29, 0.717) is 42.8 Å². The first kappa shape index (κ1) is 37.5. The lowest BCUT2D eigenvalue weighted by Crippen LogP contribution is -2.55. The fourth-order valence-corrected chi connectivity index (χ4v) is 5.84. The molecular weight excluding hydrogens is 633 g/mol. The third-order valence-corrected chi connectivity index (χ3v) is 8.38. The molecule has 2 aliphatic rings. The molecule has 2 aromatic rings. The summed E-state index contributed by atoms with van der Waals surface area (Å²) >= 11 is 0. The molecule has 3 N–H and O–H groups in total. The summed E-state index contributed by atoms with van der Waals surface area (Å²) in [5, 5.41) is 18.6. The molecule has 1 saturated heterocycles. The maximum atomic E-state index is 13.6. The number of nitrogens with one attached hydrogen (secondary N) is 1. The van der Waals surface area contributed by atoms with Crippen molar-refractivity contribution in [3.05, 3.63) is 76.0 Å². The highest BCUT2D eigenvalue weighted by Gasteiger charge is 2.44. The summed E-state index contributed by atoms with van der Waals surface area (Å²) in [5.41, 5.74) is 6.29. The maximum Gasteiger partial charge on any atom is 0.416 e. The van der Waals surface area contributed by atoms with E-state index in [0.717, 1.165) is 66.0 Å². The Morgan fingerprint density at radius 2 is 1.83 bits per heavy atom. The Kier molecular flexibility index (Phi) is 12.7. The molecule has 0 bridgehead atoms. The van der Waals surface area contributed by atoms with Crippen molar-refractivity contribution in [1.82, 2.24) is 4.90 Å². The van der Waals surface area contributed by atoms with E-state index in [-0.39, 0.29) is 17.0 Å². The fourth-order valence-electron chi connectivity index (χ4n) is 5.84. The van der Waals surface area contributed by atoms with Gasteiger partial charge in [-0.3, -0.25) is 20.0 Å². The number of benzene rings is 2. The number of carbonyl (C=O) groups excluding carboxylic acids is 3. The van der Waals surface area contributed by atoms with Crippen LogP contribution in [0.25, 0.3) is 0 Å². The van der Waals surface area contributed by atoms with Crippen LogP contribution in [0.3, 0.4) is 0 Å². The summed E-state index contributed by atoms with van der Waals surface area (Å²) in [6.07, 6.45) is -2.55. The Bertz CT molecular complexity index is 1580. The monoisotopic (exact) mass is 673 g/mol. The Balaban J connectivity index is 0.00000148. The van der Waals surface area contributed by atoms with Gasteiger partial charge in [0, 0.05) is 11.4 Å². The molecular formula is C33H40F3N6O6+. The van der Waals surface area contributed by atoms with Crippen molar-refractivity contribution in [3.8, 4) is 6.07 Å². The van der Waals surface area contributed by atoms with Gasteiger partial charge in [-0.25, -0.2) is 9.59 Å². The van der Waals surface area contributed by atoms with E-state index in [1.165, 1.54) is 26.2 Å². The molecule has 0 unspecified atom stereocenters. The number of anilines is 1. The predicted molar refractivity (Wildman–Crippen MR) is 169 cm³/mol. The van der Waals surface area contributed by atoms with E-state index in [2.05, 4.69) is 17.9 Å². The Hall–Kier alpha value is -4.94. The number of guanidine groups is 1. The van der Waals surface area contributed by atoms with Crippen molar-refractivity contribution in [2.24, 2.45) is 5.73 Å². The molecule has 48 heavy (non-hydrogen) atoms. The molecule has 0 saturated carbocycles. The quantitative estimate of drug-likeness (QED) is 0.171. The highest BCUT2D eigenvalue weighted by atomic mass is 19.4. The second kappa shape index (κ2) is 16.2. The van der Waals surface area contributed by atoms with Crippen LogP contribution in [0.1, 0.15) is 48.1 Å². The maximum absolute atomic E-state index is 13.6. The first-order valence-electron chi connectivity index (χ1n) is 15.1. The number of nitriles is 1. The fraction of sp³-hybridized carbons (Fsp3) is 0.424. The number of alkyl halides is 3. The number of halogens is 3. The number of esters is 1. The number of quaternary nitrogens is 1. The van der Waals surface area contributed by atoms with E-state index in [1.807, 2.05) is 0 Å². The lowest BCUT2D eigenvalue weighted by atomic mass is 9.87. The number of morpholine rings is 1. The number of carbonyl (C=O) groups is 3. The predicted octanol–water partition coefficient (Wildman–Crippen LogP) is 4.49. The van der Waals surface area contributed by atoms with Gasteiger partial charge in [-0.15, -0.1) is 0 Å². The topological polar surface area (TPSA) is 159 Å². The minimum absolute atomic E-state index is 0.0722. The summed E-state index contributed by atoms with van der Waals surface area (Å²) in [4.78, 5) is 37.2. The Morgan fingerprint density at radius 3 is 2.40 bits per heavy atom. The number of ether oxygens (including phenoxy) is 3.